The summed E-state index contributed by atoms with van der Waals surface area (Å²) in [5, 5.41) is 7.51. The van der Waals surface area contributed by atoms with Gasteiger partial charge in [0, 0.05) is 17.1 Å². The highest BCUT2D eigenvalue weighted by molar-refractivity contribution is 6.33. The van der Waals surface area contributed by atoms with Crippen molar-refractivity contribution < 1.29 is 0 Å². The van der Waals surface area contributed by atoms with E-state index in [0.717, 1.165) is 24.2 Å². The van der Waals surface area contributed by atoms with Crippen LogP contribution in [0.4, 0.5) is 11.4 Å². The summed E-state index contributed by atoms with van der Waals surface area (Å²) in [7, 11) is 0. The van der Waals surface area contributed by atoms with E-state index in [0.29, 0.717) is 0 Å². The largest absolute Gasteiger partial charge is 0.311 e. The van der Waals surface area contributed by atoms with Gasteiger partial charge in [-0.05, 0) is 149 Å². The highest BCUT2D eigenvalue weighted by atomic mass is 15.1. The van der Waals surface area contributed by atoms with Crippen LogP contribution in [-0.2, 0) is 0 Å². The number of nitrogens with zero attached hydrogens (tertiary/aromatic N) is 1. The van der Waals surface area contributed by atoms with Crippen molar-refractivity contribution in [3.63, 3.8) is 0 Å². The fourth-order valence-corrected chi connectivity index (χ4v) is 9.38. The molecule has 0 atom stereocenters. The maximum absolute atomic E-state index is 2.46. The van der Waals surface area contributed by atoms with Crippen molar-refractivity contribution in [2.45, 2.75) is 12.8 Å². The molecule has 0 saturated heterocycles. The Hall–Kier alpha value is -7.74. The molecule has 0 aromatic heterocycles. The minimum atomic E-state index is 1.04. The summed E-state index contributed by atoms with van der Waals surface area (Å²) in [6, 6.07) is 80.2. The third-order valence-corrected chi connectivity index (χ3v) is 12.2. The number of benzene rings is 10. The second kappa shape index (κ2) is 15.8. The van der Waals surface area contributed by atoms with Crippen molar-refractivity contribution in [2.75, 3.05) is 4.90 Å². The Morgan fingerprint density at radius 1 is 0.311 bits per heavy atom. The SMILES string of the molecule is C1=CC(N(c2ccccc2)c2ccc(-c3cc(-c4ccccc4)c(-c4ccccc4)c4c5ccc(-c6ccccc6)cc5c5cc(-c6ccccc6)ccc5c34)cc2)=CCC1. The Kier molecular flexibility index (Phi) is 9.41. The molecule has 0 N–H and O–H groups in total. The van der Waals surface area contributed by atoms with Gasteiger partial charge in [0.15, 0.2) is 0 Å². The molecule has 1 aliphatic rings. The second-order valence-electron chi connectivity index (χ2n) is 15.9. The predicted octanol–water partition coefficient (Wildman–Crippen LogP) is 16.9. The number of para-hydroxylation sites is 1. The van der Waals surface area contributed by atoms with Crippen LogP contribution in [0.5, 0.6) is 0 Å². The minimum Gasteiger partial charge on any atom is -0.311 e. The number of hydrogen-bond donors (Lipinski definition) is 0. The van der Waals surface area contributed by atoms with Gasteiger partial charge in [-0.25, -0.2) is 0 Å². The molecule has 0 fully saturated rings. The van der Waals surface area contributed by atoms with Gasteiger partial charge in [0.2, 0.25) is 0 Å². The fourth-order valence-electron chi connectivity index (χ4n) is 9.38. The van der Waals surface area contributed by atoms with Crippen LogP contribution in [0.3, 0.4) is 0 Å². The third-order valence-electron chi connectivity index (χ3n) is 12.2. The van der Waals surface area contributed by atoms with Gasteiger partial charge in [-0.2, -0.15) is 0 Å². The number of allylic oxidation sites excluding steroid dienone is 3. The minimum absolute atomic E-state index is 1.04. The van der Waals surface area contributed by atoms with Gasteiger partial charge < -0.3 is 4.90 Å². The first-order valence-electron chi connectivity index (χ1n) is 21.3. The van der Waals surface area contributed by atoms with Crippen molar-refractivity contribution in [1.82, 2.24) is 0 Å². The summed E-state index contributed by atoms with van der Waals surface area (Å²) in [6.45, 7) is 0. The van der Waals surface area contributed by atoms with Crippen LogP contribution in [0.1, 0.15) is 12.8 Å². The maximum Gasteiger partial charge on any atom is 0.0461 e. The zero-order chi connectivity index (χ0) is 40.5. The lowest BCUT2D eigenvalue weighted by molar-refractivity contribution is 0.997. The Balaban J connectivity index is 1.25. The number of rotatable bonds is 8. The van der Waals surface area contributed by atoms with Crippen molar-refractivity contribution >= 4 is 43.7 Å². The van der Waals surface area contributed by atoms with Gasteiger partial charge in [0.1, 0.15) is 0 Å². The molecule has 10 aromatic rings. The molecule has 1 heteroatoms. The van der Waals surface area contributed by atoms with E-state index in [4.69, 9.17) is 0 Å². The molecule has 10 aromatic carbocycles. The van der Waals surface area contributed by atoms with Crippen molar-refractivity contribution in [1.29, 1.82) is 0 Å². The van der Waals surface area contributed by atoms with Gasteiger partial charge in [0.25, 0.3) is 0 Å². The van der Waals surface area contributed by atoms with E-state index in [1.807, 2.05) is 0 Å². The van der Waals surface area contributed by atoms with Crippen molar-refractivity contribution in [3.05, 3.63) is 242 Å². The Morgan fingerprint density at radius 2 is 0.770 bits per heavy atom. The van der Waals surface area contributed by atoms with Gasteiger partial charge >= 0.3 is 0 Å². The highest BCUT2D eigenvalue weighted by Gasteiger charge is 2.23. The van der Waals surface area contributed by atoms with Crippen LogP contribution in [-0.4, -0.2) is 0 Å². The topological polar surface area (TPSA) is 3.24 Å². The van der Waals surface area contributed by atoms with E-state index in [1.165, 1.54) is 93.6 Å². The van der Waals surface area contributed by atoms with Gasteiger partial charge in [0.05, 0.1) is 0 Å². The molecule has 0 spiro atoms. The van der Waals surface area contributed by atoms with E-state index >= 15 is 0 Å². The van der Waals surface area contributed by atoms with E-state index in [1.54, 1.807) is 0 Å². The molecule has 11 rings (SSSR count). The van der Waals surface area contributed by atoms with E-state index in [2.05, 4.69) is 242 Å². The molecule has 0 bridgehead atoms. The Labute approximate surface area is 357 Å². The third kappa shape index (κ3) is 6.71. The molecule has 1 aliphatic carbocycles. The number of fused-ring (bicyclic) bond motifs is 6. The van der Waals surface area contributed by atoms with E-state index in [9.17, 15) is 0 Å². The monoisotopic (exact) mass is 777 g/mol. The molecule has 1 nitrogen and oxygen atoms in total. The lowest BCUT2D eigenvalue weighted by Gasteiger charge is -2.28. The lowest BCUT2D eigenvalue weighted by atomic mass is 9.80. The molecule has 0 aliphatic heterocycles. The quantitative estimate of drug-likeness (QED) is 0.139. The molecule has 0 unspecified atom stereocenters. The first-order valence-corrected chi connectivity index (χ1v) is 21.3. The fraction of sp³-hybridized carbons (Fsp3) is 0.0333. The first-order chi connectivity index (χ1) is 30.3. The molecule has 288 valence electrons. The van der Waals surface area contributed by atoms with Crippen LogP contribution in [0.15, 0.2) is 242 Å². The molecule has 0 saturated carbocycles. The van der Waals surface area contributed by atoms with Crippen LogP contribution >= 0.6 is 0 Å². The predicted molar refractivity (Wildman–Crippen MR) is 261 cm³/mol. The molecule has 0 amide bonds. The van der Waals surface area contributed by atoms with Crippen molar-refractivity contribution in [2.24, 2.45) is 0 Å². The maximum atomic E-state index is 2.46. The smallest absolute Gasteiger partial charge is 0.0461 e. The van der Waals surface area contributed by atoms with E-state index in [-0.39, 0.29) is 0 Å². The summed E-state index contributed by atoms with van der Waals surface area (Å²) < 4.78 is 0. The molecule has 0 heterocycles. The summed E-state index contributed by atoms with van der Waals surface area (Å²) in [5.41, 5.74) is 15.6. The van der Waals surface area contributed by atoms with Crippen LogP contribution in [0.2, 0.25) is 0 Å². The van der Waals surface area contributed by atoms with E-state index < -0.39 is 0 Å². The second-order valence-corrected chi connectivity index (χ2v) is 15.9. The van der Waals surface area contributed by atoms with Crippen LogP contribution in [0, 0.1) is 0 Å². The Morgan fingerprint density at radius 3 is 1.31 bits per heavy atom. The number of hydrogen-bond acceptors (Lipinski definition) is 1. The van der Waals surface area contributed by atoms with Gasteiger partial charge in [-0.3, -0.25) is 0 Å². The molecule has 0 radical (unpaired) electrons. The summed E-state index contributed by atoms with van der Waals surface area (Å²) >= 11 is 0. The van der Waals surface area contributed by atoms with Crippen molar-refractivity contribution in [3.8, 4) is 55.6 Å². The van der Waals surface area contributed by atoms with Crippen LogP contribution < -0.4 is 4.90 Å². The van der Waals surface area contributed by atoms with Gasteiger partial charge in [-0.1, -0.05) is 188 Å². The Bertz CT molecular complexity index is 3240. The zero-order valence-electron chi connectivity index (χ0n) is 33.9. The first kappa shape index (κ1) is 36.3. The highest BCUT2D eigenvalue weighted by Crippen LogP contribution is 2.50. The molecular weight excluding hydrogens is 735 g/mol. The summed E-state index contributed by atoms with van der Waals surface area (Å²) in [5.74, 6) is 0. The standard InChI is InChI=1S/C60H43N/c1-7-19-42(20-8-1)47-33-37-52-56(39-47)57-40-48(43-21-9-2-10-22-43)34-38-53(57)60-58(46-25-13-4-14-26-46)54(44-23-11-3-12-24-44)41-55(59(52)60)45-31-35-51(36-32-45)61(49-27-15-5-16-28-49)50-29-17-6-18-30-50/h1-5,7-17,19-41H,6,18H2. The summed E-state index contributed by atoms with van der Waals surface area (Å²) in [6.07, 6.45) is 9.01. The van der Waals surface area contributed by atoms with Gasteiger partial charge in [-0.15, -0.1) is 0 Å². The van der Waals surface area contributed by atoms with Crippen LogP contribution in [0.25, 0.3) is 88.0 Å². The normalized spacial score (nSPS) is 12.5. The molecule has 61 heavy (non-hydrogen) atoms. The lowest BCUT2D eigenvalue weighted by Crippen LogP contribution is -2.16. The summed E-state index contributed by atoms with van der Waals surface area (Å²) in [4.78, 5) is 2.38. The molecular formula is C60H43N. The average molecular weight is 778 g/mol. The zero-order valence-corrected chi connectivity index (χ0v) is 33.9. The average Bonchev–Trinajstić information content (AvgIpc) is 3.35. The number of anilines is 2.